The first-order chi connectivity index (χ1) is 14.3. The Labute approximate surface area is 171 Å². The van der Waals surface area contributed by atoms with Gasteiger partial charge >= 0.3 is 6.09 Å². The van der Waals surface area contributed by atoms with Crippen molar-refractivity contribution < 1.29 is 19.0 Å². The van der Waals surface area contributed by atoms with Gasteiger partial charge in [-0.1, -0.05) is 66.7 Å². The molecule has 2 aromatic carbocycles. The lowest BCUT2D eigenvalue weighted by molar-refractivity contribution is -0.0829. The van der Waals surface area contributed by atoms with Crippen molar-refractivity contribution in [2.45, 2.75) is 50.3 Å². The Morgan fingerprint density at radius 3 is 2.14 bits per heavy atom. The second kappa shape index (κ2) is 9.25. The minimum absolute atomic E-state index is 0.0857. The number of benzene rings is 2. The predicted molar refractivity (Wildman–Crippen MR) is 110 cm³/mol. The highest BCUT2D eigenvalue weighted by molar-refractivity contribution is 5.71. The number of cyclic esters (lactones) is 1. The molecule has 2 aliphatic rings. The number of carbonyl (C=O) groups is 1. The standard InChI is InChI=1S/C24H27NO4/c1-2-3-14-20-22(27-15-18-10-6-4-7-11-18)23(21-17-29-24(26)25(20)21)28-16-19-12-8-5-9-13-19/h2,4-13,20-23H,1,3,14-17H2/t20-,21-,22-,23-/m1/s1. The van der Waals surface area contributed by atoms with E-state index in [9.17, 15) is 4.79 Å². The molecule has 0 unspecified atom stereocenters. The van der Waals surface area contributed by atoms with E-state index in [1.807, 2.05) is 71.6 Å². The third-order valence-corrected chi connectivity index (χ3v) is 5.62. The van der Waals surface area contributed by atoms with E-state index in [4.69, 9.17) is 14.2 Å². The molecule has 1 amide bonds. The quantitative estimate of drug-likeness (QED) is 0.595. The van der Waals surface area contributed by atoms with Crippen LogP contribution in [-0.4, -0.2) is 41.9 Å². The van der Waals surface area contributed by atoms with Crippen molar-refractivity contribution >= 4 is 6.09 Å². The zero-order valence-electron chi connectivity index (χ0n) is 16.5. The summed E-state index contributed by atoms with van der Waals surface area (Å²) in [5.74, 6) is 0. The van der Waals surface area contributed by atoms with E-state index in [2.05, 4.69) is 6.58 Å². The molecular formula is C24H27NO4. The molecular weight excluding hydrogens is 366 g/mol. The van der Waals surface area contributed by atoms with Gasteiger partial charge in [-0.25, -0.2) is 4.79 Å². The van der Waals surface area contributed by atoms with Crippen molar-refractivity contribution in [3.05, 3.63) is 84.4 Å². The van der Waals surface area contributed by atoms with Gasteiger partial charge in [0.2, 0.25) is 0 Å². The van der Waals surface area contributed by atoms with Crippen LogP contribution >= 0.6 is 0 Å². The minimum atomic E-state index is -0.275. The van der Waals surface area contributed by atoms with Crippen LogP contribution in [0.15, 0.2) is 73.3 Å². The number of hydrogen-bond donors (Lipinski definition) is 0. The van der Waals surface area contributed by atoms with Crippen LogP contribution in [0.3, 0.4) is 0 Å². The van der Waals surface area contributed by atoms with Crippen LogP contribution in [0.1, 0.15) is 24.0 Å². The van der Waals surface area contributed by atoms with Crippen LogP contribution in [-0.2, 0) is 27.4 Å². The molecule has 4 atom stereocenters. The normalized spacial score (nSPS) is 25.7. The molecule has 2 heterocycles. The van der Waals surface area contributed by atoms with Crippen molar-refractivity contribution in [2.75, 3.05) is 6.61 Å². The monoisotopic (exact) mass is 393 g/mol. The van der Waals surface area contributed by atoms with Gasteiger partial charge in [0.25, 0.3) is 0 Å². The van der Waals surface area contributed by atoms with E-state index < -0.39 is 0 Å². The summed E-state index contributed by atoms with van der Waals surface area (Å²) in [6.45, 7) is 5.13. The summed E-state index contributed by atoms with van der Waals surface area (Å²) in [7, 11) is 0. The smallest absolute Gasteiger partial charge is 0.410 e. The topological polar surface area (TPSA) is 48.0 Å². The van der Waals surface area contributed by atoms with E-state index in [0.29, 0.717) is 19.8 Å². The molecule has 0 bridgehead atoms. The molecule has 0 radical (unpaired) electrons. The fourth-order valence-corrected chi connectivity index (χ4v) is 4.21. The number of hydrogen-bond acceptors (Lipinski definition) is 4. The van der Waals surface area contributed by atoms with Gasteiger partial charge in [0.1, 0.15) is 18.8 Å². The summed E-state index contributed by atoms with van der Waals surface area (Å²) in [5.41, 5.74) is 2.20. The van der Waals surface area contributed by atoms with E-state index in [1.165, 1.54) is 0 Å². The number of allylic oxidation sites excluding steroid dienone is 1. The van der Waals surface area contributed by atoms with Gasteiger partial charge in [-0.3, -0.25) is 4.90 Å². The SMILES string of the molecule is C=CCC[C@@H]1[C@@H](OCc2ccccc2)[C@H](OCc2ccccc2)[C@H]2COC(=O)N12. The zero-order chi connectivity index (χ0) is 20.1. The first-order valence-corrected chi connectivity index (χ1v) is 10.1. The Morgan fingerprint density at radius 1 is 0.966 bits per heavy atom. The average Bonchev–Trinajstić information content (AvgIpc) is 3.28. The van der Waals surface area contributed by atoms with Crippen LogP contribution in [0.25, 0.3) is 0 Å². The van der Waals surface area contributed by atoms with E-state index in [0.717, 1.165) is 24.0 Å². The van der Waals surface area contributed by atoms with E-state index in [1.54, 1.807) is 0 Å². The maximum Gasteiger partial charge on any atom is 0.410 e. The Bertz CT molecular complexity index is 810. The highest BCUT2D eigenvalue weighted by Gasteiger charge is 2.56. The van der Waals surface area contributed by atoms with Crippen LogP contribution < -0.4 is 0 Å². The molecule has 2 saturated heterocycles. The van der Waals surface area contributed by atoms with Crippen molar-refractivity contribution in [1.29, 1.82) is 0 Å². The molecule has 5 heteroatoms. The molecule has 5 nitrogen and oxygen atoms in total. The fourth-order valence-electron chi connectivity index (χ4n) is 4.21. The lowest BCUT2D eigenvalue weighted by Crippen LogP contribution is -2.40. The number of nitrogens with zero attached hydrogens (tertiary/aromatic N) is 1. The Kier molecular flexibility index (Phi) is 6.27. The Hall–Kier alpha value is -2.63. The summed E-state index contributed by atoms with van der Waals surface area (Å²) in [6.07, 6.45) is 2.74. The number of fused-ring (bicyclic) bond motifs is 1. The van der Waals surface area contributed by atoms with Gasteiger partial charge in [0.05, 0.1) is 25.3 Å². The second-order valence-electron chi connectivity index (χ2n) is 7.51. The van der Waals surface area contributed by atoms with E-state index in [-0.39, 0.29) is 30.4 Å². The second-order valence-corrected chi connectivity index (χ2v) is 7.51. The zero-order valence-corrected chi connectivity index (χ0v) is 16.5. The van der Waals surface area contributed by atoms with Crippen LogP contribution in [0.5, 0.6) is 0 Å². The molecule has 0 saturated carbocycles. The van der Waals surface area contributed by atoms with Gasteiger partial charge in [-0.2, -0.15) is 0 Å². The summed E-state index contributed by atoms with van der Waals surface area (Å²) in [4.78, 5) is 14.3. The summed E-state index contributed by atoms with van der Waals surface area (Å²) < 4.78 is 18.1. The number of carbonyl (C=O) groups excluding carboxylic acids is 1. The number of ether oxygens (including phenoxy) is 3. The highest BCUT2D eigenvalue weighted by atomic mass is 16.6. The van der Waals surface area contributed by atoms with Crippen LogP contribution in [0.2, 0.25) is 0 Å². The van der Waals surface area contributed by atoms with Crippen LogP contribution in [0, 0.1) is 0 Å². The van der Waals surface area contributed by atoms with Gasteiger partial charge in [-0.05, 0) is 24.0 Å². The Morgan fingerprint density at radius 2 is 1.55 bits per heavy atom. The molecule has 152 valence electrons. The summed E-state index contributed by atoms with van der Waals surface area (Å²) >= 11 is 0. The van der Waals surface area contributed by atoms with Gasteiger partial charge in [-0.15, -0.1) is 6.58 Å². The van der Waals surface area contributed by atoms with Crippen molar-refractivity contribution in [2.24, 2.45) is 0 Å². The molecule has 0 aromatic heterocycles. The molecule has 0 spiro atoms. The predicted octanol–water partition coefficient (Wildman–Crippen LogP) is 4.33. The van der Waals surface area contributed by atoms with Crippen molar-refractivity contribution in [3.63, 3.8) is 0 Å². The average molecular weight is 393 g/mol. The lowest BCUT2D eigenvalue weighted by atomic mass is 10.0. The highest BCUT2D eigenvalue weighted by Crippen LogP contribution is 2.37. The van der Waals surface area contributed by atoms with Gasteiger partial charge in [0, 0.05) is 0 Å². The molecule has 2 aliphatic heterocycles. The number of amides is 1. The van der Waals surface area contributed by atoms with E-state index >= 15 is 0 Å². The Balaban J connectivity index is 1.54. The maximum absolute atomic E-state index is 12.4. The van der Waals surface area contributed by atoms with Gasteiger partial charge < -0.3 is 14.2 Å². The van der Waals surface area contributed by atoms with Crippen molar-refractivity contribution in [3.8, 4) is 0 Å². The van der Waals surface area contributed by atoms with Crippen molar-refractivity contribution in [1.82, 2.24) is 4.90 Å². The third-order valence-electron chi connectivity index (χ3n) is 5.62. The minimum Gasteiger partial charge on any atom is -0.447 e. The summed E-state index contributed by atoms with van der Waals surface area (Å²) in [5, 5.41) is 0. The summed E-state index contributed by atoms with van der Waals surface area (Å²) in [6, 6.07) is 19.9. The first-order valence-electron chi connectivity index (χ1n) is 10.1. The molecule has 2 aromatic rings. The fraction of sp³-hybridized carbons (Fsp3) is 0.375. The first kappa shape index (κ1) is 19.7. The van der Waals surface area contributed by atoms with Gasteiger partial charge in [0.15, 0.2) is 0 Å². The van der Waals surface area contributed by atoms with Crippen LogP contribution in [0.4, 0.5) is 4.79 Å². The maximum atomic E-state index is 12.4. The molecule has 4 rings (SSSR count). The third kappa shape index (κ3) is 4.36. The largest absolute Gasteiger partial charge is 0.447 e. The number of rotatable bonds is 9. The molecule has 2 fully saturated rings. The molecule has 29 heavy (non-hydrogen) atoms. The lowest BCUT2D eigenvalue weighted by Gasteiger charge is -2.27. The molecule has 0 N–H and O–H groups in total. The molecule has 0 aliphatic carbocycles.